The average Bonchev–Trinajstić information content (AvgIpc) is 2.64. The van der Waals surface area contributed by atoms with Gasteiger partial charge in [0.25, 0.3) is 5.91 Å². The van der Waals surface area contributed by atoms with Crippen LogP contribution in [0, 0.1) is 0 Å². The third-order valence-corrected chi connectivity index (χ3v) is 4.02. The zero-order valence-electron chi connectivity index (χ0n) is 14.8. The van der Waals surface area contributed by atoms with Gasteiger partial charge in [0.05, 0.1) is 6.61 Å². The molecule has 0 aromatic heterocycles. The van der Waals surface area contributed by atoms with Crippen LogP contribution in [-0.4, -0.2) is 25.5 Å². The normalized spacial score (nSPS) is 10.4. The summed E-state index contributed by atoms with van der Waals surface area (Å²) in [5.74, 6) is -0.208. The Morgan fingerprint density at radius 3 is 2.50 bits per heavy atom. The third kappa shape index (κ3) is 6.86. The maximum absolute atomic E-state index is 11.9. The van der Waals surface area contributed by atoms with Crippen LogP contribution in [0.2, 0.25) is 5.02 Å². The summed E-state index contributed by atoms with van der Waals surface area (Å²) in [6.07, 6.45) is 0.938. The minimum atomic E-state index is -0.169. The van der Waals surface area contributed by atoms with Crippen LogP contribution in [0.1, 0.15) is 34.3 Å². The molecule has 0 saturated heterocycles. The van der Waals surface area contributed by atoms with Crippen molar-refractivity contribution < 1.29 is 14.3 Å². The maximum Gasteiger partial charge on any atom is 0.251 e. The fourth-order valence-corrected chi connectivity index (χ4v) is 2.57. The predicted molar refractivity (Wildman–Crippen MR) is 102 cm³/mol. The van der Waals surface area contributed by atoms with Crippen molar-refractivity contribution in [3.8, 4) is 0 Å². The Morgan fingerprint density at radius 2 is 1.77 bits per heavy atom. The maximum atomic E-state index is 11.9. The molecule has 0 aliphatic carbocycles. The number of nitrogens with one attached hydrogen (secondary N) is 2. The van der Waals surface area contributed by atoms with Crippen molar-refractivity contribution in [2.24, 2.45) is 0 Å². The van der Waals surface area contributed by atoms with E-state index in [-0.39, 0.29) is 11.8 Å². The lowest BCUT2D eigenvalue weighted by atomic mass is 10.1. The minimum Gasteiger partial charge on any atom is -0.380 e. The number of carbonyl (C=O) groups excluding carboxylic acids is 2. The second kappa shape index (κ2) is 10.6. The number of hydrogen-bond acceptors (Lipinski definition) is 3. The molecule has 0 aliphatic rings. The molecule has 0 saturated carbocycles. The summed E-state index contributed by atoms with van der Waals surface area (Å²) in [4.78, 5) is 23.8. The summed E-state index contributed by atoms with van der Waals surface area (Å²) in [6.45, 7) is 1.47. The first-order chi connectivity index (χ1) is 12.6. The van der Waals surface area contributed by atoms with E-state index in [1.807, 2.05) is 24.3 Å². The Kier molecular flexibility index (Phi) is 8.12. The average molecular weight is 375 g/mol. The van der Waals surface area contributed by atoms with Crippen LogP contribution in [0.5, 0.6) is 0 Å². The highest BCUT2D eigenvalue weighted by Gasteiger charge is 2.06. The van der Waals surface area contributed by atoms with Crippen LogP contribution in [0.15, 0.2) is 48.5 Å². The predicted octanol–water partition coefficient (Wildman–Crippen LogP) is 3.31. The molecule has 5 nitrogen and oxygen atoms in total. The first kappa shape index (κ1) is 19.9. The number of rotatable bonds is 9. The van der Waals surface area contributed by atoms with E-state index in [0.717, 1.165) is 11.1 Å². The molecule has 0 heterocycles. The van der Waals surface area contributed by atoms with Crippen molar-refractivity contribution in [3.63, 3.8) is 0 Å². The molecule has 0 bridgehead atoms. The zero-order valence-corrected chi connectivity index (χ0v) is 15.5. The molecule has 26 heavy (non-hydrogen) atoms. The zero-order chi connectivity index (χ0) is 18.8. The smallest absolute Gasteiger partial charge is 0.251 e. The van der Waals surface area contributed by atoms with Gasteiger partial charge in [0.2, 0.25) is 5.91 Å². The molecule has 2 rings (SSSR count). The number of ether oxygens (including phenoxy) is 1. The van der Waals surface area contributed by atoms with Crippen molar-refractivity contribution >= 4 is 23.4 Å². The lowest BCUT2D eigenvalue weighted by Gasteiger charge is -2.08. The number of methoxy groups -OCH3 is 1. The van der Waals surface area contributed by atoms with Crippen molar-refractivity contribution in [3.05, 3.63) is 70.2 Å². The van der Waals surface area contributed by atoms with Gasteiger partial charge >= 0.3 is 0 Å². The molecule has 0 aliphatic heterocycles. The second-order valence-corrected chi connectivity index (χ2v) is 6.33. The first-order valence-electron chi connectivity index (χ1n) is 8.45. The van der Waals surface area contributed by atoms with E-state index >= 15 is 0 Å². The van der Waals surface area contributed by atoms with E-state index in [1.54, 1.807) is 31.4 Å². The van der Waals surface area contributed by atoms with Crippen molar-refractivity contribution in [2.45, 2.75) is 26.0 Å². The Labute approximate surface area is 158 Å². The molecule has 2 amide bonds. The molecule has 138 valence electrons. The van der Waals surface area contributed by atoms with Crippen LogP contribution in [0.3, 0.4) is 0 Å². The fourth-order valence-electron chi connectivity index (χ4n) is 2.44. The highest BCUT2D eigenvalue weighted by Crippen LogP contribution is 2.09. The molecule has 2 aromatic rings. The van der Waals surface area contributed by atoms with Gasteiger partial charge in [-0.25, -0.2) is 0 Å². The Bertz CT molecular complexity index is 732. The molecule has 0 radical (unpaired) electrons. The van der Waals surface area contributed by atoms with E-state index in [2.05, 4.69) is 10.6 Å². The highest BCUT2D eigenvalue weighted by molar-refractivity contribution is 6.30. The quantitative estimate of drug-likeness (QED) is 0.662. The van der Waals surface area contributed by atoms with Crippen molar-refractivity contribution in [2.75, 3.05) is 13.7 Å². The van der Waals surface area contributed by atoms with Gasteiger partial charge in [-0.15, -0.1) is 0 Å². The molecular formula is C20H23ClN2O3. The van der Waals surface area contributed by atoms with E-state index < -0.39 is 0 Å². The Morgan fingerprint density at radius 1 is 1.04 bits per heavy atom. The molecule has 0 spiro atoms. The fraction of sp³-hybridized carbons (Fsp3) is 0.300. The van der Waals surface area contributed by atoms with Gasteiger partial charge in [-0.2, -0.15) is 0 Å². The van der Waals surface area contributed by atoms with Gasteiger partial charge in [0, 0.05) is 37.2 Å². The number of hydrogen-bond donors (Lipinski definition) is 2. The summed E-state index contributed by atoms with van der Waals surface area (Å²) in [5.41, 5.74) is 2.66. The lowest BCUT2D eigenvalue weighted by Crippen LogP contribution is -2.27. The third-order valence-electron chi connectivity index (χ3n) is 3.76. The molecular weight excluding hydrogens is 352 g/mol. The van der Waals surface area contributed by atoms with E-state index in [0.29, 0.717) is 43.1 Å². The van der Waals surface area contributed by atoms with Crippen LogP contribution in [0.4, 0.5) is 0 Å². The number of halogens is 1. The second-order valence-electron chi connectivity index (χ2n) is 5.90. The van der Waals surface area contributed by atoms with Crippen molar-refractivity contribution in [1.82, 2.24) is 10.6 Å². The van der Waals surface area contributed by atoms with Gasteiger partial charge in [0.1, 0.15) is 0 Å². The molecule has 2 aromatic carbocycles. The van der Waals surface area contributed by atoms with Gasteiger partial charge < -0.3 is 15.4 Å². The van der Waals surface area contributed by atoms with Crippen molar-refractivity contribution in [1.29, 1.82) is 0 Å². The minimum absolute atomic E-state index is 0.0390. The molecule has 0 unspecified atom stereocenters. The van der Waals surface area contributed by atoms with Crippen LogP contribution in [0.25, 0.3) is 0 Å². The Hall–Kier alpha value is -2.37. The van der Waals surface area contributed by atoms with Crippen LogP contribution >= 0.6 is 11.6 Å². The number of amides is 2. The van der Waals surface area contributed by atoms with E-state index in [4.69, 9.17) is 16.3 Å². The number of benzene rings is 2. The summed E-state index contributed by atoms with van der Waals surface area (Å²) in [7, 11) is 1.65. The van der Waals surface area contributed by atoms with Gasteiger partial charge in [-0.1, -0.05) is 35.9 Å². The van der Waals surface area contributed by atoms with Gasteiger partial charge in [0.15, 0.2) is 0 Å². The molecule has 0 atom stereocenters. The lowest BCUT2D eigenvalue weighted by molar-refractivity contribution is -0.121. The summed E-state index contributed by atoms with van der Waals surface area (Å²) in [6, 6.07) is 14.6. The highest BCUT2D eigenvalue weighted by atomic mass is 35.5. The summed E-state index contributed by atoms with van der Waals surface area (Å²) >= 11 is 5.79. The summed E-state index contributed by atoms with van der Waals surface area (Å²) < 4.78 is 5.10. The van der Waals surface area contributed by atoms with Crippen LogP contribution < -0.4 is 10.6 Å². The molecule has 0 fully saturated rings. The van der Waals surface area contributed by atoms with Crippen LogP contribution in [-0.2, 0) is 22.7 Å². The number of carbonyl (C=O) groups is 2. The molecule has 2 N–H and O–H groups in total. The molecule has 6 heteroatoms. The van der Waals surface area contributed by atoms with E-state index in [9.17, 15) is 9.59 Å². The standard InChI is InChI=1S/C20H23ClN2O3/c1-26-14-16-5-2-4-15(12-16)13-23-19(24)6-3-11-22-20(25)17-7-9-18(21)10-8-17/h2,4-5,7-10,12H,3,6,11,13-14H2,1H3,(H,22,25)(H,23,24). The monoisotopic (exact) mass is 374 g/mol. The Balaban J connectivity index is 1.65. The summed E-state index contributed by atoms with van der Waals surface area (Å²) in [5, 5.41) is 6.27. The largest absolute Gasteiger partial charge is 0.380 e. The topological polar surface area (TPSA) is 67.4 Å². The van der Waals surface area contributed by atoms with Gasteiger partial charge in [-0.3, -0.25) is 9.59 Å². The first-order valence-corrected chi connectivity index (χ1v) is 8.83. The SMILES string of the molecule is COCc1cccc(CNC(=O)CCCNC(=O)c2ccc(Cl)cc2)c1. The van der Waals surface area contributed by atoms with E-state index in [1.165, 1.54) is 0 Å². The van der Waals surface area contributed by atoms with Gasteiger partial charge in [-0.05, 0) is 41.8 Å².